The number of amides is 3. The van der Waals surface area contributed by atoms with Crippen molar-refractivity contribution < 1.29 is 38.5 Å². The van der Waals surface area contributed by atoms with E-state index in [1.807, 2.05) is 24.3 Å². The summed E-state index contributed by atoms with van der Waals surface area (Å²) in [7, 11) is 3.21. The molecule has 5 atom stereocenters. The van der Waals surface area contributed by atoms with E-state index in [1.54, 1.807) is 39.9 Å². The Morgan fingerprint density at radius 2 is 1.78 bits per heavy atom. The van der Waals surface area contributed by atoms with E-state index in [1.165, 1.54) is 0 Å². The minimum atomic E-state index is -1.38. The van der Waals surface area contributed by atoms with Crippen molar-refractivity contribution in [3.05, 3.63) is 35.4 Å². The monoisotopic (exact) mass is 640 g/mol. The van der Waals surface area contributed by atoms with Crippen LogP contribution in [0.3, 0.4) is 0 Å². The van der Waals surface area contributed by atoms with Crippen molar-refractivity contribution in [2.45, 2.75) is 108 Å². The average Bonchev–Trinajstić information content (AvgIpc) is 3.51. The van der Waals surface area contributed by atoms with Crippen LogP contribution >= 0.6 is 0 Å². The van der Waals surface area contributed by atoms with Crippen molar-refractivity contribution in [2.24, 2.45) is 5.92 Å². The number of fused-ring (bicyclic) bond motifs is 3. The number of rotatable bonds is 5. The molecule has 1 aromatic carbocycles. The quantitative estimate of drug-likeness (QED) is 0.412. The molecule has 3 amide bonds. The zero-order valence-corrected chi connectivity index (χ0v) is 27.6. The van der Waals surface area contributed by atoms with Gasteiger partial charge in [-0.05, 0) is 82.6 Å². The molecule has 2 fully saturated rings. The van der Waals surface area contributed by atoms with Gasteiger partial charge >= 0.3 is 12.1 Å². The molecule has 4 aliphatic rings. The molecule has 252 valence electrons. The van der Waals surface area contributed by atoms with Gasteiger partial charge in [0.2, 0.25) is 11.8 Å². The summed E-state index contributed by atoms with van der Waals surface area (Å²) in [6.07, 6.45) is 8.18. The number of carboxylic acids is 1. The molecular formula is C34H48N4O8. The normalized spacial score (nSPS) is 29.5. The summed E-state index contributed by atoms with van der Waals surface area (Å²) in [4.78, 5) is 57.4. The standard InChI is InChI=1S/C34H48N4O8/c1-33(2,3)46-32(43)35-25-12-10-8-6-7-9-11-23-18-34(23,31(41)42)36-29(39)26-17-24(20-38(26)30(25)40)37-14-13-21-15-27(44-4)28(45-5)16-22(21)19-37/h9,11,15-16,23-26H,6-8,10,12-14,17-20H2,1-5H3,(H,35,43)(H,36,39)(H,41,42)/b11-9+/t23?,24-,25?,26?,34?/m1/s1. The lowest BCUT2D eigenvalue weighted by Crippen LogP contribution is -2.56. The third kappa shape index (κ3) is 7.27. The molecule has 1 aliphatic carbocycles. The number of aliphatic carboxylic acids is 1. The maximum Gasteiger partial charge on any atom is 0.408 e. The summed E-state index contributed by atoms with van der Waals surface area (Å²) in [5.74, 6) is -0.903. The number of alkyl carbamates (subject to hydrolysis) is 1. The third-order valence-electron chi connectivity index (χ3n) is 9.59. The van der Waals surface area contributed by atoms with Gasteiger partial charge in [0.05, 0.1) is 14.2 Å². The molecule has 4 unspecified atom stereocenters. The lowest BCUT2D eigenvalue weighted by molar-refractivity contribution is -0.145. The van der Waals surface area contributed by atoms with Crippen LogP contribution in [0.5, 0.6) is 11.5 Å². The Hall–Kier alpha value is -3.80. The fourth-order valence-corrected chi connectivity index (χ4v) is 7.01. The number of benzene rings is 1. The second kappa shape index (κ2) is 13.5. The highest BCUT2D eigenvalue weighted by atomic mass is 16.6. The van der Waals surface area contributed by atoms with Crippen molar-refractivity contribution in [3.8, 4) is 11.5 Å². The van der Waals surface area contributed by atoms with Crippen molar-refractivity contribution in [1.29, 1.82) is 0 Å². The number of methoxy groups -OCH3 is 2. The minimum absolute atomic E-state index is 0.155. The fourth-order valence-electron chi connectivity index (χ4n) is 7.01. The van der Waals surface area contributed by atoms with Gasteiger partial charge < -0.3 is 34.9 Å². The number of carbonyl (C=O) groups excluding carboxylic acids is 3. The maximum atomic E-state index is 14.3. The molecular weight excluding hydrogens is 592 g/mol. The number of hydrogen-bond acceptors (Lipinski definition) is 8. The predicted molar refractivity (Wildman–Crippen MR) is 170 cm³/mol. The molecule has 3 heterocycles. The van der Waals surface area contributed by atoms with Crippen LogP contribution < -0.4 is 20.1 Å². The molecule has 1 aromatic rings. The Bertz CT molecular complexity index is 1370. The fraction of sp³-hybridized carbons (Fsp3) is 0.647. The van der Waals surface area contributed by atoms with E-state index >= 15 is 0 Å². The third-order valence-corrected chi connectivity index (χ3v) is 9.59. The maximum absolute atomic E-state index is 14.3. The summed E-state index contributed by atoms with van der Waals surface area (Å²) in [6.45, 7) is 6.87. The molecule has 1 saturated heterocycles. The Balaban J connectivity index is 1.42. The van der Waals surface area contributed by atoms with Crippen LogP contribution in [0, 0.1) is 5.92 Å². The SMILES string of the molecule is COc1cc2c(cc1OC)CN([C@@H]1CC3C(=O)NC4(C(=O)O)CC4/C=C/CCCCCC(NC(=O)OC(C)(C)C)C(=O)N3C1)CC2. The largest absolute Gasteiger partial charge is 0.493 e. The highest BCUT2D eigenvalue weighted by Crippen LogP contribution is 2.45. The van der Waals surface area contributed by atoms with E-state index in [9.17, 15) is 24.3 Å². The second-order valence-corrected chi connectivity index (χ2v) is 13.9. The molecule has 12 heteroatoms. The number of nitrogens with zero attached hydrogens (tertiary/aromatic N) is 2. The molecule has 12 nitrogen and oxygen atoms in total. The van der Waals surface area contributed by atoms with Crippen molar-refractivity contribution in [2.75, 3.05) is 27.3 Å². The van der Waals surface area contributed by atoms with Gasteiger partial charge in [0.1, 0.15) is 23.2 Å². The highest BCUT2D eigenvalue weighted by Gasteiger charge is 2.61. The smallest absolute Gasteiger partial charge is 0.408 e. The first-order valence-electron chi connectivity index (χ1n) is 16.3. The zero-order valence-electron chi connectivity index (χ0n) is 27.6. The van der Waals surface area contributed by atoms with E-state index in [-0.39, 0.29) is 24.4 Å². The van der Waals surface area contributed by atoms with E-state index in [2.05, 4.69) is 15.5 Å². The number of hydrogen-bond donors (Lipinski definition) is 3. The Morgan fingerprint density at radius 1 is 1.07 bits per heavy atom. The van der Waals surface area contributed by atoms with E-state index in [0.717, 1.165) is 43.4 Å². The van der Waals surface area contributed by atoms with Crippen LogP contribution in [0.25, 0.3) is 0 Å². The number of allylic oxidation sites excluding steroid dienone is 1. The van der Waals surface area contributed by atoms with Crippen LogP contribution in [0.15, 0.2) is 24.3 Å². The lowest BCUT2D eigenvalue weighted by Gasteiger charge is -2.34. The van der Waals surface area contributed by atoms with Crippen LogP contribution in [0.4, 0.5) is 4.79 Å². The van der Waals surface area contributed by atoms with Gasteiger partial charge in [-0.2, -0.15) is 0 Å². The summed E-state index contributed by atoms with van der Waals surface area (Å²) >= 11 is 0. The minimum Gasteiger partial charge on any atom is -0.493 e. The van der Waals surface area contributed by atoms with E-state index in [4.69, 9.17) is 14.2 Å². The molecule has 0 spiro atoms. The number of nitrogens with one attached hydrogen (secondary N) is 2. The van der Waals surface area contributed by atoms with Gasteiger partial charge in [-0.1, -0.05) is 25.0 Å². The van der Waals surface area contributed by atoms with Gasteiger partial charge in [0, 0.05) is 31.6 Å². The van der Waals surface area contributed by atoms with Gasteiger partial charge in [-0.15, -0.1) is 0 Å². The second-order valence-electron chi connectivity index (χ2n) is 13.9. The van der Waals surface area contributed by atoms with Crippen molar-refractivity contribution in [3.63, 3.8) is 0 Å². The zero-order chi connectivity index (χ0) is 33.2. The summed E-state index contributed by atoms with van der Waals surface area (Å²) in [5.41, 5.74) is 0.123. The van der Waals surface area contributed by atoms with E-state index in [0.29, 0.717) is 43.7 Å². The van der Waals surface area contributed by atoms with Crippen LogP contribution in [-0.4, -0.2) is 95.4 Å². The Labute approximate surface area is 270 Å². The summed E-state index contributed by atoms with van der Waals surface area (Å²) in [5, 5.41) is 15.8. The average molecular weight is 641 g/mol. The molecule has 46 heavy (non-hydrogen) atoms. The van der Waals surface area contributed by atoms with Gasteiger partial charge in [-0.25, -0.2) is 9.59 Å². The molecule has 0 radical (unpaired) electrons. The van der Waals surface area contributed by atoms with Crippen LogP contribution in [-0.2, 0) is 32.1 Å². The predicted octanol–water partition coefficient (Wildman–Crippen LogP) is 3.40. The van der Waals surface area contributed by atoms with E-state index < -0.39 is 41.2 Å². The first-order valence-corrected chi connectivity index (χ1v) is 16.3. The van der Waals surface area contributed by atoms with Gasteiger partial charge in [-0.3, -0.25) is 14.5 Å². The van der Waals surface area contributed by atoms with Crippen LogP contribution in [0.1, 0.15) is 76.8 Å². The summed E-state index contributed by atoms with van der Waals surface area (Å²) in [6, 6.07) is 2.05. The molecule has 0 bridgehead atoms. The van der Waals surface area contributed by atoms with Gasteiger partial charge in [0.25, 0.3) is 0 Å². The van der Waals surface area contributed by atoms with Gasteiger partial charge in [0.15, 0.2) is 11.5 Å². The summed E-state index contributed by atoms with van der Waals surface area (Å²) < 4.78 is 16.5. The molecule has 3 N–H and O–H groups in total. The molecule has 3 aliphatic heterocycles. The first kappa shape index (κ1) is 33.6. The first-order chi connectivity index (χ1) is 21.8. The number of carboxylic acid groups (broad SMARTS) is 1. The van der Waals surface area contributed by atoms with Crippen LogP contribution in [0.2, 0.25) is 0 Å². The molecule has 5 rings (SSSR count). The highest BCUT2D eigenvalue weighted by molar-refractivity contribution is 5.96. The Morgan fingerprint density at radius 3 is 2.46 bits per heavy atom. The van der Waals surface area contributed by atoms with Crippen molar-refractivity contribution in [1.82, 2.24) is 20.4 Å². The lowest BCUT2D eigenvalue weighted by atomic mass is 9.97. The number of carbonyl (C=O) groups is 4. The number of ether oxygens (including phenoxy) is 3. The molecule has 1 saturated carbocycles. The topological polar surface area (TPSA) is 147 Å². The molecule has 0 aromatic heterocycles. The van der Waals surface area contributed by atoms with Crippen molar-refractivity contribution >= 4 is 23.9 Å². The Kier molecular flexibility index (Phi) is 9.86.